The maximum atomic E-state index is 11.8. The third kappa shape index (κ3) is 9.12. The molecule has 0 aliphatic carbocycles. The number of fused-ring (bicyclic) bond motifs is 1. The molecule has 1 aromatic carbocycles. The maximum Gasteiger partial charge on any atom is 0.414 e. The Morgan fingerprint density at radius 3 is 2.20 bits per heavy atom. The van der Waals surface area contributed by atoms with Crippen LogP contribution in [0, 0.1) is 0 Å². The van der Waals surface area contributed by atoms with Crippen molar-refractivity contribution in [2.75, 3.05) is 32.6 Å². The van der Waals surface area contributed by atoms with Crippen LogP contribution in [0.4, 0.5) is 10.5 Å². The molecule has 13 heteroatoms. The van der Waals surface area contributed by atoms with Gasteiger partial charge in [0.05, 0.1) is 20.0 Å². The smallest absolute Gasteiger partial charge is 0.414 e. The lowest BCUT2D eigenvalue weighted by Gasteiger charge is -2.18. The van der Waals surface area contributed by atoms with Gasteiger partial charge in [-0.3, -0.25) is 14.4 Å². The van der Waals surface area contributed by atoms with Crippen LogP contribution in [0.5, 0.6) is 5.75 Å². The van der Waals surface area contributed by atoms with Crippen LogP contribution in [0.1, 0.15) is 44.1 Å². The van der Waals surface area contributed by atoms with Crippen molar-refractivity contribution in [3.05, 3.63) is 23.8 Å². The van der Waals surface area contributed by atoms with Crippen molar-refractivity contribution >= 4 is 35.7 Å². The molecule has 0 fully saturated rings. The van der Waals surface area contributed by atoms with E-state index < -0.39 is 36.4 Å². The number of esters is 1. The summed E-state index contributed by atoms with van der Waals surface area (Å²) in [6.45, 7) is 3.26. The highest BCUT2D eigenvalue weighted by Crippen LogP contribution is 2.36. The number of carbonyl (C=O) groups is 5. The Morgan fingerprint density at radius 1 is 1.11 bits per heavy atom. The molecule has 0 saturated carbocycles. The van der Waals surface area contributed by atoms with Gasteiger partial charge in [0.15, 0.2) is 5.60 Å². The van der Waals surface area contributed by atoms with Gasteiger partial charge in [0, 0.05) is 44.2 Å². The van der Waals surface area contributed by atoms with Crippen LogP contribution in [0.25, 0.3) is 0 Å². The van der Waals surface area contributed by atoms with E-state index in [9.17, 15) is 24.0 Å². The minimum atomic E-state index is -2.74. The number of aliphatic hydroxyl groups is 1. The van der Waals surface area contributed by atoms with E-state index in [0.29, 0.717) is 18.7 Å². The van der Waals surface area contributed by atoms with Crippen molar-refractivity contribution in [2.24, 2.45) is 0 Å². The van der Waals surface area contributed by atoms with Gasteiger partial charge in [0.25, 0.3) is 0 Å². The molecule has 2 rings (SSSR count). The average molecular weight is 498 g/mol. The van der Waals surface area contributed by atoms with E-state index in [0.717, 1.165) is 24.2 Å². The van der Waals surface area contributed by atoms with Gasteiger partial charge in [-0.1, -0.05) is 6.07 Å². The van der Waals surface area contributed by atoms with Gasteiger partial charge in [-0.15, -0.1) is 0 Å². The molecule has 0 aromatic heterocycles. The van der Waals surface area contributed by atoms with E-state index >= 15 is 0 Å². The molecular formula is C22H30N2O11. The topological polar surface area (TPSA) is 200 Å². The van der Waals surface area contributed by atoms with Crippen molar-refractivity contribution in [1.82, 2.24) is 4.90 Å². The summed E-state index contributed by atoms with van der Waals surface area (Å²) in [5, 5.41) is 37.1. The van der Waals surface area contributed by atoms with Crippen LogP contribution in [-0.4, -0.2) is 88.1 Å². The predicted molar refractivity (Wildman–Crippen MR) is 120 cm³/mol. The van der Waals surface area contributed by atoms with Crippen LogP contribution < -0.4 is 10.1 Å². The number of anilines is 1. The molecule has 1 aliphatic heterocycles. The molecule has 1 atom stereocenters. The molecule has 5 N–H and O–H groups in total. The highest BCUT2D eigenvalue weighted by molar-refractivity contribution is 5.88. The summed E-state index contributed by atoms with van der Waals surface area (Å²) in [6, 6.07) is 5.57. The van der Waals surface area contributed by atoms with E-state index in [1.165, 1.54) is 12.0 Å². The number of benzene rings is 1. The van der Waals surface area contributed by atoms with Crippen LogP contribution >= 0.6 is 0 Å². The van der Waals surface area contributed by atoms with Crippen LogP contribution in [0.3, 0.4) is 0 Å². The van der Waals surface area contributed by atoms with Gasteiger partial charge in [-0.05, 0) is 25.0 Å². The van der Waals surface area contributed by atoms with Crippen LogP contribution in [-0.2, 0) is 23.9 Å². The highest BCUT2D eigenvalue weighted by atomic mass is 16.6. The summed E-state index contributed by atoms with van der Waals surface area (Å²) in [6.07, 6.45) is -1.52. The SMILES string of the molecule is CCN(C)C(=O)Oc1ccc2c(c1)NCC2CCC(=O)OC.O=C(O)CC(O)(CC(=O)O)C(=O)O. The zero-order valence-corrected chi connectivity index (χ0v) is 19.6. The molecule has 1 aromatic rings. The van der Waals surface area contributed by atoms with Gasteiger partial charge < -0.3 is 40.1 Å². The number of aliphatic carboxylic acids is 3. The Balaban J connectivity index is 0.000000405. The largest absolute Gasteiger partial charge is 0.481 e. The Kier molecular flexibility index (Phi) is 10.9. The first-order chi connectivity index (χ1) is 16.3. The number of hydrogen-bond donors (Lipinski definition) is 5. The molecule has 35 heavy (non-hydrogen) atoms. The monoisotopic (exact) mass is 498 g/mol. The molecule has 1 amide bonds. The quantitative estimate of drug-likeness (QED) is 0.290. The Hall–Kier alpha value is -3.87. The van der Waals surface area contributed by atoms with E-state index in [1.54, 1.807) is 13.1 Å². The van der Waals surface area contributed by atoms with Crippen molar-refractivity contribution < 1.29 is 53.9 Å². The molecular weight excluding hydrogens is 468 g/mol. The van der Waals surface area contributed by atoms with Crippen LogP contribution in [0.2, 0.25) is 0 Å². The second kappa shape index (κ2) is 13.1. The summed E-state index contributed by atoms with van der Waals surface area (Å²) in [4.78, 5) is 55.0. The zero-order valence-electron chi connectivity index (χ0n) is 19.6. The number of nitrogens with one attached hydrogen (secondary N) is 1. The number of methoxy groups -OCH3 is 1. The van der Waals surface area contributed by atoms with E-state index in [-0.39, 0.29) is 18.0 Å². The third-order valence-electron chi connectivity index (χ3n) is 5.20. The summed E-state index contributed by atoms with van der Waals surface area (Å²) >= 11 is 0. The third-order valence-corrected chi connectivity index (χ3v) is 5.20. The Bertz CT molecular complexity index is 931. The van der Waals surface area contributed by atoms with Crippen LogP contribution in [0.15, 0.2) is 18.2 Å². The second-order valence-corrected chi connectivity index (χ2v) is 7.80. The Morgan fingerprint density at radius 2 is 1.71 bits per heavy atom. The maximum absolute atomic E-state index is 11.8. The average Bonchev–Trinajstić information content (AvgIpc) is 3.18. The first kappa shape index (κ1) is 29.2. The molecule has 1 heterocycles. The van der Waals surface area contributed by atoms with Crippen molar-refractivity contribution in [2.45, 2.75) is 44.1 Å². The first-order valence-electron chi connectivity index (χ1n) is 10.6. The minimum Gasteiger partial charge on any atom is -0.481 e. The number of carbonyl (C=O) groups excluding carboxylic acids is 2. The number of carboxylic acid groups (broad SMARTS) is 3. The number of ether oxygens (including phenoxy) is 2. The lowest BCUT2D eigenvalue weighted by Crippen LogP contribution is -2.42. The summed E-state index contributed by atoms with van der Waals surface area (Å²) < 4.78 is 9.99. The number of carboxylic acids is 3. The molecule has 1 unspecified atom stereocenters. The molecule has 13 nitrogen and oxygen atoms in total. The van der Waals surface area contributed by atoms with Crippen molar-refractivity contribution in [1.29, 1.82) is 0 Å². The number of amides is 1. The van der Waals surface area contributed by atoms with Gasteiger partial charge in [0.1, 0.15) is 5.75 Å². The zero-order chi connectivity index (χ0) is 26.8. The fraction of sp³-hybridized carbons (Fsp3) is 0.500. The molecule has 0 radical (unpaired) electrons. The normalized spacial score (nSPS) is 13.9. The minimum absolute atomic E-state index is 0.193. The number of nitrogens with zero attached hydrogens (tertiary/aromatic N) is 1. The molecule has 0 spiro atoms. The van der Waals surface area contributed by atoms with Gasteiger partial charge >= 0.3 is 30.0 Å². The van der Waals surface area contributed by atoms with Gasteiger partial charge in [-0.25, -0.2) is 9.59 Å². The number of hydrogen-bond acceptors (Lipinski definition) is 9. The predicted octanol–water partition coefficient (Wildman–Crippen LogP) is 1.35. The lowest BCUT2D eigenvalue weighted by molar-refractivity contribution is -0.170. The molecule has 194 valence electrons. The molecule has 0 bridgehead atoms. The lowest BCUT2D eigenvalue weighted by atomic mass is 9.96. The van der Waals surface area contributed by atoms with E-state index in [1.807, 2.05) is 19.1 Å². The van der Waals surface area contributed by atoms with Gasteiger partial charge in [0.2, 0.25) is 0 Å². The molecule has 0 saturated heterocycles. The van der Waals surface area contributed by atoms with Crippen molar-refractivity contribution in [3.63, 3.8) is 0 Å². The fourth-order valence-electron chi connectivity index (χ4n) is 3.12. The summed E-state index contributed by atoms with van der Waals surface area (Å²) in [5.74, 6) is -4.42. The fourth-order valence-corrected chi connectivity index (χ4v) is 3.12. The summed E-state index contributed by atoms with van der Waals surface area (Å²) in [7, 11) is 3.09. The molecule has 1 aliphatic rings. The highest BCUT2D eigenvalue weighted by Gasteiger charge is 2.40. The second-order valence-electron chi connectivity index (χ2n) is 7.80. The van der Waals surface area contributed by atoms with Crippen molar-refractivity contribution in [3.8, 4) is 5.75 Å². The summed E-state index contributed by atoms with van der Waals surface area (Å²) in [5.41, 5.74) is -0.635. The van der Waals surface area contributed by atoms with Gasteiger partial charge in [-0.2, -0.15) is 0 Å². The standard InChI is InChI=1S/C16H22N2O4.C6H8O7/c1-4-18(2)16(20)22-12-6-7-13-11(5-8-15(19)21-3)10-17-14(13)9-12;7-3(8)1-6(13,5(11)12)2-4(9)10/h6-7,9,11,17H,4-5,8,10H2,1-3H3;13H,1-2H2,(H,7,8)(H,9,10)(H,11,12). The number of rotatable bonds is 10. The van der Waals surface area contributed by atoms with E-state index in [2.05, 4.69) is 10.1 Å². The van der Waals surface area contributed by atoms with E-state index in [4.69, 9.17) is 25.2 Å². The Labute approximate surface area is 201 Å². The first-order valence-corrected chi connectivity index (χ1v) is 10.6.